The highest BCUT2D eigenvalue weighted by Crippen LogP contribution is 2.17. The smallest absolute Gasteiger partial charge is 0.316 e. The number of nitrogens with one attached hydrogen (secondary N) is 2. The molecule has 1 aromatic rings. The van der Waals surface area contributed by atoms with Crippen molar-refractivity contribution in [2.24, 2.45) is 0 Å². The fourth-order valence-corrected chi connectivity index (χ4v) is 2.78. The molecule has 24 heavy (non-hydrogen) atoms. The van der Waals surface area contributed by atoms with Gasteiger partial charge in [0.2, 0.25) is 5.91 Å². The normalized spacial score (nSPS) is 18.1. The molecule has 2 atom stereocenters. The fraction of sp³-hybridized carbons (Fsp3) is 0.474. The van der Waals surface area contributed by atoms with Crippen molar-refractivity contribution in [2.45, 2.75) is 45.2 Å². The van der Waals surface area contributed by atoms with E-state index >= 15 is 0 Å². The average molecular weight is 327 g/mol. The zero-order valence-electron chi connectivity index (χ0n) is 14.3. The van der Waals surface area contributed by atoms with Gasteiger partial charge in [-0.05, 0) is 45.2 Å². The molecule has 2 N–H and O–H groups in total. The van der Waals surface area contributed by atoms with Crippen molar-refractivity contribution in [3.8, 4) is 11.8 Å². The molecule has 5 nitrogen and oxygen atoms in total. The Labute approximate surface area is 143 Å². The van der Waals surface area contributed by atoms with Crippen molar-refractivity contribution in [3.63, 3.8) is 0 Å². The van der Waals surface area contributed by atoms with E-state index in [0.717, 1.165) is 31.4 Å². The van der Waals surface area contributed by atoms with Crippen molar-refractivity contribution >= 4 is 11.9 Å². The van der Waals surface area contributed by atoms with Gasteiger partial charge in [0.05, 0.1) is 6.54 Å². The molecule has 1 fully saturated rings. The first-order chi connectivity index (χ1) is 11.6. The van der Waals surface area contributed by atoms with Crippen molar-refractivity contribution < 1.29 is 9.59 Å². The number of nitrogens with zero attached hydrogens (tertiary/aromatic N) is 1. The highest BCUT2D eigenvalue weighted by molar-refractivity contribution is 5.87. The van der Waals surface area contributed by atoms with Crippen LogP contribution in [0.2, 0.25) is 0 Å². The van der Waals surface area contributed by atoms with E-state index in [2.05, 4.69) is 29.4 Å². The number of carbonyl (C=O) groups excluding carboxylic acids is 2. The van der Waals surface area contributed by atoms with Crippen LogP contribution in [0.3, 0.4) is 0 Å². The zero-order valence-corrected chi connectivity index (χ0v) is 14.3. The van der Waals surface area contributed by atoms with Gasteiger partial charge in [0.15, 0.2) is 0 Å². The van der Waals surface area contributed by atoms with Crippen molar-refractivity contribution in [3.05, 3.63) is 35.9 Å². The summed E-state index contributed by atoms with van der Waals surface area (Å²) in [5.74, 6) is 5.83. The van der Waals surface area contributed by atoms with Gasteiger partial charge in [0.1, 0.15) is 6.04 Å². The average Bonchev–Trinajstić information content (AvgIpc) is 2.59. The first kappa shape index (κ1) is 17.9. The lowest BCUT2D eigenvalue weighted by atomic mass is 10.0. The van der Waals surface area contributed by atoms with Crippen molar-refractivity contribution in [1.82, 2.24) is 15.5 Å². The maximum atomic E-state index is 12.4. The second-order valence-corrected chi connectivity index (χ2v) is 6.09. The second-order valence-electron chi connectivity index (χ2n) is 6.09. The molecule has 0 radical (unpaired) electrons. The van der Waals surface area contributed by atoms with Crippen molar-refractivity contribution in [2.75, 3.05) is 13.1 Å². The Bertz CT molecular complexity index is 618. The Balaban J connectivity index is 1.75. The molecule has 0 spiro atoms. The molecule has 3 amide bonds. The van der Waals surface area contributed by atoms with Gasteiger partial charge < -0.3 is 15.5 Å². The predicted molar refractivity (Wildman–Crippen MR) is 94.3 cm³/mol. The van der Waals surface area contributed by atoms with E-state index in [9.17, 15) is 9.59 Å². The third-order valence-corrected chi connectivity index (χ3v) is 4.15. The molecule has 128 valence electrons. The predicted octanol–water partition coefficient (Wildman–Crippen LogP) is 2.13. The number of hydrogen-bond acceptors (Lipinski definition) is 2. The van der Waals surface area contributed by atoms with Crippen LogP contribution in [0.25, 0.3) is 0 Å². The first-order valence-corrected chi connectivity index (χ1v) is 8.46. The molecular formula is C19H25N3O2. The van der Waals surface area contributed by atoms with E-state index < -0.39 is 6.04 Å². The zero-order chi connectivity index (χ0) is 17.4. The first-order valence-electron chi connectivity index (χ1n) is 8.46. The fourth-order valence-electron chi connectivity index (χ4n) is 2.78. The lowest BCUT2D eigenvalue weighted by molar-refractivity contribution is -0.136. The summed E-state index contributed by atoms with van der Waals surface area (Å²) < 4.78 is 0. The topological polar surface area (TPSA) is 61.4 Å². The molecule has 0 saturated carbocycles. The van der Waals surface area contributed by atoms with E-state index in [1.165, 1.54) is 0 Å². The number of amides is 3. The molecule has 0 aliphatic carbocycles. The lowest BCUT2D eigenvalue weighted by Gasteiger charge is -2.35. The monoisotopic (exact) mass is 327 g/mol. The van der Waals surface area contributed by atoms with Gasteiger partial charge in [0, 0.05) is 18.2 Å². The molecule has 0 bridgehead atoms. The van der Waals surface area contributed by atoms with Crippen LogP contribution in [0.5, 0.6) is 0 Å². The Kier molecular flexibility index (Phi) is 6.68. The molecular weight excluding hydrogens is 302 g/mol. The third-order valence-electron chi connectivity index (χ3n) is 4.15. The number of carbonyl (C=O) groups is 2. The third kappa shape index (κ3) is 5.31. The second kappa shape index (κ2) is 8.97. The highest BCUT2D eigenvalue weighted by atomic mass is 16.2. The molecule has 1 aliphatic rings. The van der Waals surface area contributed by atoms with Crippen LogP contribution in [0, 0.1) is 11.8 Å². The van der Waals surface area contributed by atoms with Crippen LogP contribution in [0.15, 0.2) is 30.3 Å². The Morgan fingerprint density at radius 2 is 2.04 bits per heavy atom. The standard InChI is InChI=1S/C19H25N3O2/c1-15-9-6-7-14-22(15)18(23)16(2)21-19(24)20-13-8-12-17-10-4-3-5-11-17/h3-5,10-11,15-16H,6-7,9,13-14H2,1-2H3,(H2,20,21,24). The molecule has 1 saturated heterocycles. The maximum Gasteiger partial charge on any atom is 0.316 e. The van der Waals surface area contributed by atoms with Gasteiger partial charge in [0.25, 0.3) is 0 Å². The minimum Gasteiger partial charge on any atom is -0.338 e. The Hall–Kier alpha value is -2.48. The molecule has 2 unspecified atom stereocenters. The van der Waals surface area contributed by atoms with Crippen LogP contribution in [-0.2, 0) is 4.79 Å². The summed E-state index contributed by atoms with van der Waals surface area (Å²) in [6.45, 7) is 4.79. The lowest BCUT2D eigenvalue weighted by Crippen LogP contribution is -2.53. The van der Waals surface area contributed by atoms with E-state index in [0.29, 0.717) is 0 Å². The van der Waals surface area contributed by atoms with Crippen LogP contribution >= 0.6 is 0 Å². The van der Waals surface area contributed by atoms with Gasteiger partial charge in [-0.15, -0.1) is 0 Å². The summed E-state index contributed by atoms with van der Waals surface area (Å²) in [6, 6.07) is 8.92. The summed E-state index contributed by atoms with van der Waals surface area (Å²) in [6.07, 6.45) is 3.22. The van der Waals surface area contributed by atoms with Crippen molar-refractivity contribution in [1.29, 1.82) is 0 Å². The SMILES string of the molecule is CC(NC(=O)NCC#Cc1ccccc1)C(=O)N1CCCCC1C. The van der Waals surface area contributed by atoms with Crippen LogP contribution in [0.4, 0.5) is 4.79 Å². The van der Waals surface area contributed by atoms with E-state index in [1.54, 1.807) is 6.92 Å². The van der Waals surface area contributed by atoms with Crippen LogP contribution in [-0.4, -0.2) is 42.0 Å². The van der Waals surface area contributed by atoms with Gasteiger partial charge in [-0.3, -0.25) is 4.79 Å². The van der Waals surface area contributed by atoms with E-state index in [1.807, 2.05) is 35.2 Å². The number of likely N-dealkylation sites (tertiary alicyclic amines) is 1. The van der Waals surface area contributed by atoms with Crippen LogP contribution in [0.1, 0.15) is 38.7 Å². The minimum atomic E-state index is -0.535. The summed E-state index contributed by atoms with van der Waals surface area (Å²) in [4.78, 5) is 26.2. The number of benzene rings is 1. The van der Waals surface area contributed by atoms with Gasteiger partial charge in [-0.2, -0.15) is 0 Å². The number of rotatable bonds is 3. The Morgan fingerprint density at radius 1 is 1.29 bits per heavy atom. The van der Waals surface area contributed by atoms with E-state index in [4.69, 9.17) is 0 Å². The summed E-state index contributed by atoms with van der Waals surface area (Å²) in [5, 5.41) is 5.35. The van der Waals surface area contributed by atoms with Gasteiger partial charge >= 0.3 is 6.03 Å². The number of piperidine rings is 1. The molecule has 5 heteroatoms. The molecule has 1 aromatic carbocycles. The number of hydrogen-bond donors (Lipinski definition) is 2. The minimum absolute atomic E-state index is 0.0206. The maximum absolute atomic E-state index is 12.4. The largest absolute Gasteiger partial charge is 0.338 e. The highest BCUT2D eigenvalue weighted by Gasteiger charge is 2.27. The Morgan fingerprint density at radius 3 is 2.75 bits per heavy atom. The van der Waals surface area contributed by atoms with Gasteiger partial charge in [-0.1, -0.05) is 30.0 Å². The summed E-state index contributed by atoms with van der Waals surface area (Å²) in [5.41, 5.74) is 0.905. The summed E-state index contributed by atoms with van der Waals surface area (Å²) in [7, 11) is 0. The summed E-state index contributed by atoms with van der Waals surface area (Å²) >= 11 is 0. The molecule has 1 heterocycles. The number of urea groups is 1. The molecule has 0 aromatic heterocycles. The van der Waals surface area contributed by atoms with Crippen LogP contribution < -0.4 is 10.6 Å². The molecule has 2 rings (SSSR count). The molecule has 1 aliphatic heterocycles. The quantitative estimate of drug-likeness (QED) is 0.836. The van der Waals surface area contributed by atoms with E-state index in [-0.39, 0.29) is 24.5 Å². The van der Waals surface area contributed by atoms with Gasteiger partial charge in [-0.25, -0.2) is 4.79 Å².